The van der Waals surface area contributed by atoms with Crippen LogP contribution in [-0.4, -0.2) is 49.6 Å². The minimum atomic E-state index is 0.652. The molecule has 2 nitrogen and oxygen atoms in total. The number of piperidine rings is 2. The van der Waals surface area contributed by atoms with E-state index in [0.717, 1.165) is 6.54 Å². The first-order chi connectivity index (χ1) is 10.2. The summed E-state index contributed by atoms with van der Waals surface area (Å²) in [7, 11) is 2.25. The highest BCUT2D eigenvalue weighted by molar-refractivity contribution is 5.22. The average molecular weight is 290 g/mol. The summed E-state index contributed by atoms with van der Waals surface area (Å²) < 4.78 is 0. The van der Waals surface area contributed by atoms with Gasteiger partial charge in [-0.3, -0.25) is 4.90 Å². The SMILES string of the molecule is C=C/C=C(\C=C)CN1CCC2(CCN(C)CC2)CC1.CC. The molecule has 2 aliphatic rings. The Hall–Kier alpha value is -0.860. The van der Waals surface area contributed by atoms with Gasteiger partial charge in [-0.25, -0.2) is 0 Å². The van der Waals surface area contributed by atoms with E-state index in [1.807, 2.05) is 26.0 Å². The van der Waals surface area contributed by atoms with Gasteiger partial charge in [0.15, 0.2) is 0 Å². The van der Waals surface area contributed by atoms with Crippen LogP contribution in [0.5, 0.6) is 0 Å². The minimum absolute atomic E-state index is 0.652. The fourth-order valence-corrected chi connectivity index (χ4v) is 3.37. The Kier molecular flexibility index (Phi) is 7.98. The number of likely N-dealkylation sites (tertiary alicyclic amines) is 2. The molecule has 2 rings (SSSR count). The molecule has 2 heteroatoms. The van der Waals surface area contributed by atoms with Crippen molar-refractivity contribution < 1.29 is 0 Å². The van der Waals surface area contributed by atoms with Crippen LogP contribution in [0.15, 0.2) is 37.0 Å². The number of nitrogens with zero attached hydrogens (tertiary/aromatic N) is 2. The van der Waals surface area contributed by atoms with Crippen molar-refractivity contribution in [2.24, 2.45) is 5.41 Å². The molecule has 0 aliphatic carbocycles. The van der Waals surface area contributed by atoms with Gasteiger partial charge in [0.25, 0.3) is 0 Å². The van der Waals surface area contributed by atoms with Crippen LogP contribution in [0.2, 0.25) is 0 Å². The Morgan fingerprint density at radius 3 is 2.00 bits per heavy atom. The van der Waals surface area contributed by atoms with Gasteiger partial charge in [0, 0.05) is 6.54 Å². The lowest BCUT2D eigenvalue weighted by molar-refractivity contribution is 0.0464. The molecule has 0 unspecified atom stereocenters. The van der Waals surface area contributed by atoms with Crippen molar-refractivity contribution in [3.05, 3.63) is 37.0 Å². The van der Waals surface area contributed by atoms with E-state index in [0.29, 0.717) is 5.41 Å². The van der Waals surface area contributed by atoms with Gasteiger partial charge < -0.3 is 4.90 Å². The summed E-state index contributed by atoms with van der Waals surface area (Å²) in [6.45, 7) is 17.7. The lowest BCUT2D eigenvalue weighted by Gasteiger charge is -2.46. The fourth-order valence-electron chi connectivity index (χ4n) is 3.37. The molecule has 120 valence electrons. The standard InChI is InChI=1S/C17H28N2.C2H6/c1-4-6-16(5-2)15-19-13-9-17(10-14-19)7-11-18(3)12-8-17;1-2/h4-6H,1-2,7-15H2,3H3;1-2H3/b16-6+;. The molecule has 2 saturated heterocycles. The molecule has 0 radical (unpaired) electrons. The van der Waals surface area contributed by atoms with E-state index < -0.39 is 0 Å². The van der Waals surface area contributed by atoms with Crippen LogP contribution < -0.4 is 0 Å². The van der Waals surface area contributed by atoms with Crippen LogP contribution in [0.25, 0.3) is 0 Å². The highest BCUT2D eigenvalue weighted by Crippen LogP contribution is 2.40. The molecule has 0 N–H and O–H groups in total. The van der Waals surface area contributed by atoms with Crippen LogP contribution in [0, 0.1) is 5.41 Å². The van der Waals surface area contributed by atoms with Crippen molar-refractivity contribution in [3.63, 3.8) is 0 Å². The summed E-state index contributed by atoms with van der Waals surface area (Å²) in [6.07, 6.45) is 11.4. The van der Waals surface area contributed by atoms with E-state index >= 15 is 0 Å². The molecule has 0 amide bonds. The highest BCUT2D eigenvalue weighted by atomic mass is 15.1. The Labute approximate surface area is 132 Å². The second kappa shape index (κ2) is 9.22. The lowest BCUT2D eigenvalue weighted by atomic mass is 9.71. The topological polar surface area (TPSA) is 6.48 Å². The Balaban J connectivity index is 0.00000106. The third-order valence-electron chi connectivity index (χ3n) is 4.96. The quantitative estimate of drug-likeness (QED) is 0.719. The molecule has 0 atom stereocenters. The van der Waals surface area contributed by atoms with Crippen LogP contribution in [0.3, 0.4) is 0 Å². The maximum atomic E-state index is 3.89. The maximum Gasteiger partial charge on any atom is 0.0233 e. The number of rotatable bonds is 4. The zero-order chi connectivity index (χ0) is 15.7. The molecule has 0 aromatic heterocycles. The zero-order valence-corrected chi connectivity index (χ0v) is 14.4. The van der Waals surface area contributed by atoms with Crippen molar-refractivity contribution >= 4 is 0 Å². The van der Waals surface area contributed by atoms with Gasteiger partial charge in [-0.05, 0) is 69.9 Å². The van der Waals surface area contributed by atoms with E-state index in [-0.39, 0.29) is 0 Å². The minimum Gasteiger partial charge on any atom is -0.306 e. The predicted octanol–water partition coefficient (Wildman–Crippen LogP) is 4.12. The van der Waals surface area contributed by atoms with Crippen molar-refractivity contribution in [3.8, 4) is 0 Å². The van der Waals surface area contributed by atoms with Crippen LogP contribution in [-0.2, 0) is 0 Å². The Morgan fingerprint density at radius 2 is 1.52 bits per heavy atom. The van der Waals surface area contributed by atoms with Crippen LogP contribution in [0.4, 0.5) is 0 Å². The second-order valence-corrected chi connectivity index (χ2v) is 6.26. The molecule has 0 saturated carbocycles. The number of hydrogen-bond acceptors (Lipinski definition) is 2. The first-order valence-corrected chi connectivity index (χ1v) is 8.52. The van der Waals surface area contributed by atoms with Gasteiger partial charge in [-0.1, -0.05) is 45.2 Å². The average Bonchev–Trinajstić information content (AvgIpc) is 2.54. The molecule has 0 aromatic carbocycles. The van der Waals surface area contributed by atoms with Crippen LogP contribution in [0.1, 0.15) is 39.5 Å². The van der Waals surface area contributed by atoms with E-state index in [1.165, 1.54) is 57.4 Å². The maximum absolute atomic E-state index is 3.89. The molecule has 1 spiro atoms. The van der Waals surface area contributed by atoms with Crippen molar-refractivity contribution in [2.45, 2.75) is 39.5 Å². The number of allylic oxidation sites excluding steroid dienone is 2. The van der Waals surface area contributed by atoms with Gasteiger partial charge in [-0.15, -0.1) is 0 Å². The summed E-state index contributed by atoms with van der Waals surface area (Å²) in [5.74, 6) is 0. The molecule has 2 fully saturated rings. The summed E-state index contributed by atoms with van der Waals surface area (Å²) >= 11 is 0. The van der Waals surface area contributed by atoms with Crippen LogP contribution >= 0.6 is 0 Å². The first-order valence-electron chi connectivity index (χ1n) is 8.52. The fraction of sp³-hybridized carbons (Fsp3) is 0.684. The monoisotopic (exact) mass is 290 g/mol. The predicted molar refractivity (Wildman–Crippen MR) is 94.7 cm³/mol. The van der Waals surface area contributed by atoms with Gasteiger partial charge in [0.05, 0.1) is 0 Å². The van der Waals surface area contributed by atoms with Crippen molar-refractivity contribution in [1.82, 2.24) is 9.80 Å². The molecule has 21 heavy (non-hydrogen) atoms. The summed E-state index contributed by atoms with van der Waals surface area (Å²) in [5, 5.41) is 0. The molecule has 0 aromatic rings. The summed E-state index contributed by atoms with van der Waals surface area (Å²) in [5.41, 5.74) is 1.94. The van der Waals surface area contributed by atoms with Gasteiger partial charge in [0.2, 0.25) is 0 Å². The van der Waals surface area contributed by atoms with Crippen molar-refractivity contribution in [1.29, 1.82) is 0 Å². The van der Waals surface area contributed by atoms with Crippen molar-refractivity contribution in [2.75, 3.05) is 39.8 Å². The normalized spacial score (nSPS) is 23.3. The lowest BCUT2D eigenvalue weighted by Crippen LogP contribution is -2.46. The smallest absolute Gasteiger partial charge is 0.0233 e. The summed E-state index contributed by atoms with van der Waals surface area (Å²) in [4.78, 5) is 5.04. The van der Waals surface area contributed by atoms with Gasteiger partial charge >= 0.3 is 0 Å². The Bertz CT molecular complexity index is 339. The molecule has 2 heterocycles. The first kappa shape index (κ1) is 18.2. The molecule has 2 aliphatic heterocycles. The number of hydrogen-bond donors (Lipinski definition) is 0. The molecular weight excluding hydrogens is 256 g/mol. The van der Waals surface area contributed by atoms with E-state index in [9.17, 15) is 0 Å². The zero-order valence-electron chi connectivity index (χ0n) is 14.4. The van der Waals surface area contributed by atoms with E-state index in [4.69, 9.17) is 0 Å². The van der Waals surface area contributed by atoms with Gasteiger partial charge in [0.1, 0.15) is 0 Å². The third-order valence-corrected chi connectivity index (χ3v) is 4.96. The largest absolute Gasteiger partial charge is 0.306 e. The Morgan fingerprint density at radius 1 is 1.00 bits per heavy atom. The third kappa shape index (κ3) is 5.44. The second-order valence-electron chi connectivity index (χ2n) is 6.26. The van der Waals surface area contributed by atoms with Gasteiger partial charge in [-0.2, -0.15) is 0 Å². The van der Waals surface area contributed by atoms with E-state index in [1.54, 1.807) is 0 Å². The molecular formula is C19H34N2. The summed E-state index contributed by atoms with van der Waals surface area (Å²) in [6, 6.07) is 0. The molecule has 0 bridgehead atoms. The highest BCUT2D eigenvalue weighted by Gasteiger charge is 2.36. The van der Waals surface area contributed by atoms with E-state index in [2.05, 4.69) is 36.1 Å².